The smallest absolute Gasteiger partial charge is 0.335 e. The first kappa shape index (κ1) is 19.2. The van der Waals surface area contributed by atoms with E-state index in [1.165, 1.54) is 0 Å². The average Bonchev–Trinajstić information content (AvgIpc) is 3.09. The molecule has 1 N–H and O–H groups in total. The Kier molecular flexibility index (Phi) is 4.58. The number of aromatic carboxylic acids is 1. The number of hydrogen-bond donors (Lipinski definition) is 1. The van der Waals surface area contributed by atoms with E-state index < -0.39 is 11.4 Å². The lowest BCUT2D eigenvalue weighted by molar-refractivity contribution is -0.0402. The number of ether oxygens (including phenoxy) is 1. The molecule has 30 heavy (non-hydrogen) atoms. The largest absolute Gasteiger partial charge is 0.478 e. The topological polar surface area (TPSA) is 50.9 Å². The molecule has 1 aliphatic heterocycles. The summed E-state index contributed by atoms with van der Waals surface area (Å²) in [5, 5.41) is 10.4. The van der Waals surface area contributed by atoms with Crippen molar-refractivity contribution in [3.63, 3.8) is 0 Å². The van der Waals surface area contributed by atoms with E-state index in [0.29, 0.717) is 23.3 Å². The second-order valence-electron chi connectivity index (χ2n) is 7.45. The Balaban J connectivity index is 1.74. The van der Waals surface area contributed by atoms with Crippen molar-refractivity contribution >= 4 is 34.7 Å². The standard InChI is InChI=1S/C24H17Cl2NO3/c25-18-4-3-5-19(26)22(18)24(13-30-14-24)21-12-17(20-6-1-2-11-27(20)21)15-7-9-16(10-8-15)23(28)29/h1-12H,13-14H2,(H,28,29). The Morgan fingerprint density at radius 3 is 2.27 bits per heavy atom. The highest BCUT2D eigenvalue weighted by Gasteiger charge is 2.47. The van der Waals surface area contributed by atoms with Gasteiger partial charge in [0.05, 0.1) is 29.7 Å². The summed E-state index contributed by atoms with van der Waals surface area (Å²) in [7, 11) is 0. The predicted molar refractivity (Wildman–Crippen MR) is 118 cm³/mol. The number of nitrogens with zero attached hydrogens (tertiary/aromatic N) is 1. The summed E-state index contributed by atoms with van der Waals surface area (Å²) in [6, 6.07) is 20.6. The summed E-state index contributed by atoms with van der Waals surface area (Å²) >= 11 is 13.2. The van der Waals surface area contributed by atoms with Crippen LogP contribution in [0, 0.1) is 0 Å². The van der Waals surface area contributed by atoms with Gasteiger partial charge < -0.3 is 14.2 Å². The van der Waals surface area contributed by atoms with Crippen molar-refractivity contribution in [3.05, 3.63) is 99.8 Å². The van der Waals surface area contributed by atoms with Gasteiger partial charge in [0.2, 0.25) is 0 Å². The zero-order valence-electron chi connectivity index (χ0n) is 15.8. The zero-order chi connectivity index (χ0) is 20.9. The summed E-state index contributed by atoms with van der Waals surface area (Å²) in [6.07, 6.45) is 2.02. The maximum Gasteiger partial charge on any atom is 0.335 e. The summed E-state index contributed by atoms with van der Waals surface area (Å²) in [5.74, 6) is -0.942. The minimum Gasteiger partial charge on any atom is -0.478 e. The molecule has 0 bridgehead atoms. The van der Waals surface area contributed by atoms with E-state index in [2.05, 4.69) is 10.5 Å². The number of aromatic nitrogens is 1. The van der Waals surface area contributed by atoms with Gasteiger partial charge in [0, 0.05) is 33.1 Å². The van der Waals surface area contributed by atoms with Crippen LogP contribution in [0.5, 0.6) is 0 Å². The zero-order valence-corrected chi connectivity index (χ0v) is 17.3. The Morgan fingerprint density at radius 2 is 1.67 bits per heavy atom. The van der Waals surface area contributed by atoms with Crippen LogP contribution in [-0.4, -0.2) is 28.7 Å². The van der Waals surface area contributed by atoms with Crippen LogP contribution in [0.2, 0.25) is 10.0 Å². The number of hydrogen-bond acceptors (Lipinski definition) is 2. The second kappa shape index (κ2) is 7.17. The molecule has 0 amide bonds. The minimum absolute atomic E-state index is 0.259. The fourth-order valence-corrected chi connectivity index (χ4v) is 4.99. The molecule has 5 rings (SSSR count). The van der Waals surface area contributed by atoms with Crippen molar-refractivity contribution in [1.29, 1.82) is 0 Å². The molecule has 4 aromatic rings. The van der Waals surface area contributed by atoms with Gasteiger partial charge >= 0.3 is 5.97 Å². The van der Waals surface area contributed by atoms with Gasteiger partial charge in [-0.1, -0.05) is 47.5 Å². The molecule has 1 aliphatic rings. The SMILES string of the molecule is O=C(O)c1ccc(-c2cc(C3(c4c(Cl)cccc4Cl)COC3)n3ccccc23)cc1. The van der Waals surface area contributed by atoms with Crippen molar-refractivity contribution in [2.75, 3.05) is 13.2 Å². The molecule has 0 aliphatic carbocycles. The highest BCUT2D eigenvalue weighted by atomic mass is 35.5. The van der Waals surface area contributed by atoms with Gasteiger partial charge in [-0.3, -0.25) is 0 Å². The number of rotatable bonds is 4. The van der Waals surface area contributed by atoms with E-state index in [1.54, 1.807) is 12.1 Å². The number of fused-ring (bicyclic) bond motifs is 1. The lowest BCUT2D eigenvalue weighted by atomic mass is 9.75. The predicted octanol–water partition coefficient (Wildman–Crippen LogP) is 5.93. The van der Waals surface area contributed by atoms with Gasteiger partial charge in [0.15, 0.2) is 0 Å². The number of carboxylic acids is 1. The van der Waals surface area contributed by atoms with E-state index >= 15 is 0 Å². The van der Waals surface area contributed by atoms with Crippen LogP contribution in [0.15, 0.2) is 72.9 Å². The molecule has 1 fully saturated rings. The van der Waals surface area contributed by atoms with Crippen LogP contribution >= 0.6 is 23.2 Å². The molecule has 0 saturated carbocycles. The third kappa shape index (κ3) is 2.83. The molecule has 1 saturated heterocycles. The Bertz CT molecular complexity index is 1250. The van der Waals surface area contributed by atoms with Crippen molar-refractivity contribution in [2.24, 2.45) is 0 Å². The Morgan fingerprint density at radius 1 is 0.967 bits per heavy atom. The van der Waals surface area contributed by atoms with E-state index in [9.17, 15) is 9.90 Å². The first-order chi connectivity index (χ1) is 14.5. The van der Waals surface area contributed by atoms with Gasteiger partial charge in [-0.15, -0.1) is 0 Å². The average molecular weight is 438 g/mol. The lowest BCUT2D eigenvalue weighted by Crippen LogP contribution is -2.48. The van der Waals surface area contributed by atoms with Gasteiger partial charge in [0.1, 0.15) is 0 Å². The van der Waals surface area contributed by atoms with Crippen molar-refractivity contribution in [2.45, 2.75) is 5.41 Å². The van der Waals surface area contributed by atoms with Crippen molar-refractivity contribution in [1.82, 2.24) is 4.40 Å². The first-order valence-corrected chi connectivity index (χ1v) is 10.2. The monoisotopic (exact) mass is 437 g/mol. The molecule has 0 spiro atoms. The summed E-state index contributed by atoms with van der Waals surface area (Å²) in [5.41, 5.74) is 4.68. The molecule has 3 heterocycles. The number of benzene rings is 2. The number of pyridine rings is 1. The molecule has 6 heteroatoms. The molecule has 2 aromatic heterocycles. The highest BCUT2D eigenvalue weighted by Crippen LogP contribution is 2.47. The summed E-state index contributed by atoms with van der Waals surface area (Å²) < 4.78 is 7.81. The number of halogens is 2. The van der Waals surface area contributed by atoms with E-state index in [0.717, 1.165) is 27.9 Å². The second-order valence-corrected chi connectivity index (χ2v) is 8.27. The molecule has 150 valence electrons. The maximum atomic E-state index is 11.2. The van der Waals surface area contributed by atoms with Gasteiger partial charge in [-0.05, 0) is 48.0 Å². The third-order valence-corrected chi connectivity index (χ3v) is 6.38. The van der Waals surface area contributed by atoms with Crippen molar-refractivity contribution in [3.8, 4) is 11.1 Å². The Labute approximate surface area is 183 Å². The molecular weight excluding hydrogens is 421 g/mol. The van der Waals surface area contributed by atoms with Crippen LogP contribution in [0.25, 0.3) is 16.6 Å². The first-order valence-electron chi connectivity index (χ1n) is 9.48. The normalized spacial score (nSPS) is 15.1. The summed E-state index contributed by atoms with van der Waals surface area (Å²) in [4.78, 5) is 11.2. The maximum absolute atomic E-state index is 11.2. The van der Waals surface area contributed by atoms with Crippen LogP contribution in [0.1, 0.15) is 21.6 Å². The molecule has 0 atom stereocenters. The lowest BCUT2D eigenvalue weighted by Gasteiger charge is -2.42. The number of carboxylic acid groups (broad SMARTS) is 1. The quantitative estimate of drug-likeness (QED) is 0.430. The van der Waals surface area contributed by atoms with E-state index in [-0.39, 0.29) is 5.56 Å². The van der Waals surface area contributed by atoms with Gasteiger partial charge in [-0.2, -0.15) is 0 Å². The van der Waals surface area contributed by atoms with Crippen LogP contribution in [-0.2, 0) is 10.2 Å². The number of carbonyl (C=O) groups is 1. The van der Waals surface area contributed by atoms with E-state index in [1.807, 2.05) is 54.7 Å². The summed E-state index contributed by atoms with van der Waals surface area (Å²) in [6.45, 7) is 0.962. The fourth-order valence-electron chi connectivity index (χ4n) is 4.23. The third-order valence-electron chi connectivity index (χ3n) is 5.75. The van der Waals surface area contributed by atoms with Crippen LogP contribution in [0.3, 0.4) is 0 Å². The Hall–Kier alpha value is -2.79. The van der Waals surface area contributed by atoms with Crippen LogP contribution in [0.4, 0.5) is 0 Å². The highest BCUT2D eigenvalue weighted by molar-refractivity contribution is 6.36. The molecular formula is C24H17Cl2NO3. The van der Waals surface area contributed by atoms with Gasteiger partial charge in [-0.25, -0.2) is 4.79 Å². The molecule has 4 nitrogen and oxygen atoms in total. The molecule has 2 aromatic carbocycles. The van der Waals surface area contributed by atoms with E-state index in [4.69, 9.17) is 27.9 Å². The fraction of sp³-hybridized carbons (Fsp3) is 0.125. The minimum atomic E-state index is -0.942. The molecule has 0 unspecified atom stereocenters. The van der Waals surface area contributed by atoms with Crippen LogP contribution < -0.4 is 0 Å². The molecule has 0 radical (unpaired) electrons. The van der Waals surface area contributed by atoms with Crippen molar-refractivity contribution < 1.29 is 14.6 Å². The van der Waals surface area contributed by atoms with Gasteiger partial charge in [0.25, 0.3) is 0 Å².